The average molecular weight is 469 g/mol. The molecule has 0 N–H and O–H groups in total. The number of carbonyl (C=O) groups excluding carboxylic acids is 1. The molecule has 1 aliphatic heterocycles. The molecule has 2 aromatic carbocycles. The molecular formula is C29H41ClN2O. The first-order valence-electron chi connectivity index (χ1n) is 12.2. The second-order valence-electron chi connectivity index (χ2n) is 9.52. The number of anilines is 2. The number of hydrogen-bond donors (Lipinski definition) is 0. The van der Waals surface area contributed by atoms with Crippen molar-refractivity contribution in [2.75, 3.05) is 30.4 Å². The van der Waals surface area contributed by atoms with Crippen LogP contribution in [-0.2, 0) is 6.42 Å². The van der Waals surface area contributed by atoms with Crippen LogP contribution in [0.25, 0.3) is 5.57 Å². The molecule has 0 saturated carbocycles. The number of nitrogens with zero attached hydrogens (tertiary/aromatic N) is 2. The molecule has 1 atom stereocenters. The molecule has 1 heterocycles. The summed E-state index contributed by atoms with van der Waals surface area (Å²) < 4.78 is 0. The van der Waals surface area contributed by atoms with E-state index >= 15 is 0 Å². The summed E-state index contributed by atoms with van der Waals surface area (Å²) in [5.74, 6) is 0.459. The third-order valence-electron chi connectivity index (χ3n) is 6.46. The number of halogens is 1. The molecule has 33 heavy (non-hydrogen) atoms. The maximum Gasteiger partial charge on any atom is 0.150 e. The molecule has 0 aliphatic carbocycles. The van der Waals surface area contributed by atoms with Crippen LogP contribution in [0.15, 0.2) is 42.5 Å². The molecule has 0 amide bonds. The van der Waals surface area contributed by atoms with E-state index < -0.39 is 0 Å². The van der Waals surface area contributed by atoms with E-state index in [4.69, 9.17) is 11.6 Å². The number of aryl methyl sites for hydroxylation is 1. The van der Waals surface area contributed by atoms with Gasteiger partial charge in [-0.1, -0.05) is 51.8 Å². The number of allylic oxidation sites excluding steroid dienone is 1. The maximum absolute atomic E-state index is 11.1. The van der Waals surface area contributed by atoms with Crippen molar-refractivity contribution < 1.29 is 4.79 Å². The third-order valence-corrected chi connectivity index (χ3v) is 6.83. The Morgan fingerprint density at radius 3 is 2.30 bits per heavy atom. The lowest BCUT2D eigenvalue weighted by Crippen LogP contribution is -2.47. The predicted octanol–water partition coefficient (Wildman–Crippen LogP) is 7.91. The van der Waals surface area contributed by atoms with Gasteiger partial charge in [0.25, 0.3) is 0 Å². The molecule has 0 fully saturated rings. The third kappa shape index (κ3) is 6.20. The van der Waals surface area contributed by atoms with Gasteiger partial charge in [0.05, 0.1) is 5.54 Å². The van der Waals surface area contributed by atoms with Crippen molar-refractivity contribution in [3.05, 3.63) is 64.2 Å². The first-order chi connectivity index (χ1) is 15.6. The molecule has 3 nitrogen and oxygen atoms in total. The summed E-state index contributed by atoms with van der Waals surface area (Å²) in [6, 6.07) is 12.2. The Morgan fingerprint density at radius 1 is 1.09 bits per heavy atom. The fourth-order valence-electron chi connectivity index (χ4n) is 4.69. The summed E-state index contributed by atoms with van der Waals surface area (Å²) >= 11 is 5.98. The largest absolute Gasteiger partial charge is 0.378 e. The number of fused-ring (bicyclic) bond motifs is 1. The first-order valence-corrected chi connectivity index (χ1v) is 12.5. The van der Waals surface area contributed by atoms with Crippen molar-refractivity contribution in [1.82, 2.24) is 0 Å². The van der Waals surface area contributed by atoms with Gasteiger partial charge < -0.3 is 9.80 Å². The van der Waals surface area contributed by atoms with Gasteiger partial charge >= 0.3 is 0 Å². The van der Waals surface area contributed by atoms with Crippen LogP contribution in [0.4, 0.5) is 11.4 Å². The lowest BCUT2D eigenvalue weighted by molar-refractivity contribution is 0.112. The zero-order chi connectivity index (χ0) is 24.8. The number of rotatable bonds is 7. The Balaban J connectivity index is 0.000000273. The lowest BCUT2D eigenvalue weighted by Gasteiger charge is -2.46. The summed E-state index contributed by atoms with van der Waals surface area (Å²) in [6.07, 6.45) is 6.67. The predicted molar refractivity (Wildman–Crippen MR) is 146 cm³/mol. The smallest absolute Gasteiger partial charge is 0.150 e. The van der Waals surface area contributed by atoms with Crippen LogP contribution in [0.2, 0.25) is 5.02 Å². The Hall–Kier alpha value is -2.26. The first kappa shape index (κ1) is 27.0. The molecular weight excluding hydrogens is 428 g/mol. The highest BCUT2D eigenvalue weighted by Gasteiger charge is 2.35. The second-order valence-corrected chi connectivity index (χ2v) is 9.93. The molecule has 1 aliphatic rings. The maximum atomic E-state index is 11.1. The molecule has 0 radical (unpaired) electrons. The number of aldehydes is 1. The van der Waals surface area contributed by atoms with E-state index in [1.807, 2.05) is 38.4 Å². The molecule has 0 bridgehead atoms. The van der Waals surface area contributed by atoms with Crippen molar-refractivity contribution in [1.29, 1.82) is 0 Å². The van der Waals surface area contributed by atoms with Crippen molar-refractivity contribution in [3.63, 3.8) is 0 Å². The molecule has 1 unspecified atom stereocenters. The number of benzene rings is 2. The van der Waals surface area contributed by atoms with E-state index in [1.54, 1.807) is 0 Å². The minimum Gasteiger partial charge on any atom is -0.378 e. The second kappa shape index (κ2) is 11.7. The van der Waals surface area contributed by atoms with E-state index in [1.165, 1.54) is 28.1 Å². The van der Waals surface area contributed by atoms with Crippen LogP contribution in [0.5, 0.6) is 0 Å². The normalized spacial score (nSPS) is 17.2. The average Bonchev–Trinajstić information content (AvgIpc) is 2.78. The van der Waals surface area contributed by atoms with Crippen molar-refractivity contribution in [3.8, 4) is 0 Å². The highest BCUT2D eigenvalue weighted by Crippen LogP contribution is 2.43. The van der Waals surface area contributed by atoms with Gasteiger partial charge in [-0.05, 0) is 80.1 Å². The van der Waals surface area contributed by atoms with Gasteiger partial charge in [0.1, 0.15) is 6.29 Å². The number of carbonyl (C=O) groups is 1. The van der Waals surface area contributed by atoms with E-state index in [-0.39, 0.29) is 5.54 Å². The number of hydrogen-bond acceptors (Lipinski definition) is 3. The van der Waals surface area contributed by atoms with E-state index in [9.17, 15) is 4.79 Å². The minimum absolute atomic E-state index is 0.0683. The highest BCUT2D eigenvalue weighted by molar-refractivity contribution is 6.31. The molecule has 0 saturated heterocycles. The summed E-state index contributed by atoms with van der Waals surface area (Å²) in [5, 5.41) is 0.864. The molecule has 2 aromatic rings. The van der Waals surface area contributed by atoms with Gasteiger partial charge in [-0.25, -0.2) is 0 Å². The fraction of sp³-hybridized carbons (Fsp3) is 0.483. The monoisotopic (exact) mass is 468 g/mol. The van der Waals surface area contributed by atoms with E-state index in [0.717, 1.165) is 42.7 Å². The molecule has 180 valence electrons. The van der Waals surface area contributed by atoms with Crippen molar-refractivity contribution >= 4 is 34.8 Å². The zero-order valence-electron chi connectivity index (χ0n) is 21.7. The topological polar surface area (TPSA) is 23.6 Å². The molecule has 0 spiro atoms. The minimum atomic E-state index is 0.0683. The van der Waals surface area contributed by atoms with Gasteiger partial charge in [-0.2, -0.15) is 0 Å². The Labute approximate surface area is 206 Å². The van der Waals surface area contributed by atoms with Crippen LogP contribution >= 0.6 is 11.6 Å². The van der Waals surface area contributed by atoms with E-state index in [2.05, 4.69) is 69.6 Å². The van der Waals surface area contributed by atoms with Crippen molar-refractivity contribution in [2.45, 2.75) is 66.3 Å². The van der Waals surface area contributed by atoms with E-state index in [0.29, 0.717) is 5.92 Å². The van der Waals surface area contributed by atoms with Crippen LogP contribution < -0.4 is 9.80 Å². The van der Waals surface area contributed by atoms with Crippen LogP contribution in [0.1, 0.15) is 75.9 Å². The lowest BCUT2D eigenvalue weighted by atomic mass is 9.80. The van der Waals surface area contributed by atoms with Crippen LogP contribution in [-0.4, -0.2) is 32.5 Å². The Kier molecular flexibility index (Phi) is 9.60. The molecule has 0 aromatic heterocycles. The van der Waals surface area contributed by atoms with Gasteiger partial charge in [0, 0.05) is 48.2 Å². The zero-order valence-corrected chi connectivity index (χ0v) is 22.5. The SMILES string of the molecule is CCCC1(C)C=C(C(C)C)c2cc(C=O)ccc2N1CC.CCc1cc(N(C)C)ccc1Cl. The van der Waals surface area contributed by atoms with Gasteiger partial charge in [0.2, 0.25) is 0 Å². The van der Waals surface area contributed by atoms with Gasteiger partial charge in [-0.3, -0.25) is 4.79 Å². The standard InChI is InChI=1S/C19H27NO.C10H14ClN/c1-6-10-19(5)12-17(14(3)4)16-11-15(13-21)8-9-18(16)20(19)7-2;1-4-8-7-9(12(2)3)5-6-10(8)11/h8-9,11-14H,6-7,10H2,1-5H3;5-7H,4H2,1-3H3. The van der Waals surface area contributed by atoms with Crippen LogP contribution in [0, 0.1) is 5.92 Å². The Bertz CT molecular complexity index is 980. The quantitative estimate of drug-likeness (QED) is 0.385. The summed E-state index contributed by atoms with van der Waals surface area (Å²) in [6.45, 7) is 14.3. The summed E-state index contributed by atoms with van der Waals surface area (Å²) in [5.41, 5.74) is 7.11. The fourth-order valence-corrected chi connectivity index (χ4v) is 4.94. The summed E-state index contributed by atoms with van der Waals surface area (Å²) in [7, 11) is 4.06. The Morgan fingerprint density at radius 2 is 1.79 bits per heavy atom. The van der Waals surface area contributed by atoms with Gasteiger partial charge in [-0.15, -0.1) is 0 Å². The molecule has 4 heteroatoms. The molecule has 3 rings (SSSR count). The number of likely N-dealkylation sites (N-methyl/N-ethyl adjacent to an activating group) is 1. The van der Waals surface area contributed by atoms with Crippen LogP contribution in [0.3, 0.4) is 0 Å². The van der Waals surface area contributed by atoms with Crippen molar-refractivity contribution in [2.24, 2.45) is 5.92 Å². The highest BCUT2D eigenvalue weighted by atomic mass is 35.5. The summed E-state index contributed by atoms with van der Waals surface area (Å²) in [4.78, 5) is 15.7. The van der Waals surface area contributed by atoms with Gasteiger partial charge in [0.15, 0.2) is 0 Å².